The maximum absolute atomic E-state index is 13.0. The Morgan fingerprint density at radius 2 is 1.71 bits per heavy atom. The maximum Gasteiger partial charge on any atom is 0.241 e. The van der Waals surface area contributed by atoms with E-state index in [1.807, 2.05) is 69.3 Å². The molecule has 0 spiro atoms. The Labute approximate surface area is 208 Å². The minimum Gasteiger partial charge on any atom is -0.489 e. The summed E-state index contributed by atoms with van der Waals surface area (Å²) in [6.45, 7) is 6.06. The van der Waals surface area contributed by atoms with E-state index in [1.54, 1.807) is 6.07 Å². The highest BCUT2D eigenvalue weighted by atomic mass is 32.2. The van der Waals surface area contributed by atoms with E-state index in [1.165, 1.54) is 0 Å². The predicted molar refractivity (Wildman–Crippen MR) is 140 cm³/mol. The summed E-state index contributed by atoms with van der Waals surface area (Å²) in [6, 6.07) is 23.9. The Morgan fingerprint density at radius 1 is 0.971 bits per heavy atom. The van der Waals surface area contributed by atoms with Gasteiger partial charge in [-0.3, -0.25) is 0 Å². The second-order valence-electron chi connectivity index (χ2n) is 10.4. The van der Waals surface area contributed by atoms with Crippen LogP contribution in [0.5, 0.6) is 5.75 Å². The van der Waals surface area contributed by atoms with Gasteiger partial charge in [0.1, 0.15) is 12.4 Å². The molecule has 0 amide bonds. The number of fused-ring (bicyclic) bond motifs is 3. The molecule has 0 fully saturated rings. The second-order valence-corrected chi connectivity index (χ2v) is 12.1. The van der Waals surface area contributed by atoms with Gasteiger partial charge in [-0.1, -0.05) is 60.7 Å². The molecule has 3 aromatic rings. The molecular weight excluding hydrogens is 456 g/mol. The zero-order chi connectivity index (χ0) is 24.6. The molecule has 3 atom stereocenters. The van der Waals surface area contributed by atoms with E-state index in [4.69, 9.17) is 4.74 Å². The monoisotopic (exact) mass is 488 g/mol. The molecule has 6 heteroatoms. The molecule has 0 radical (unpaired) electrons. The first-order chi connectivity index (χ1) is 16.7. The largest absolute Gasteiger partial charge is 0.489 e. The van der Waals surface area contributed by atoms with Gasteiger partial charge in [-0.05, 0) is 68.5 Å². The molecule has 3 aromatic carbocycles. The highest BCUT2D eigenvalue weighted by Crippen LogP contribution is 2.51. The fraction of sp³-hybridized carbons (Fsp3) is 0.310. The van der Waals surface area contributed by atoms with Crippen LogP contribution in [0.1, 0.15) is 55.8 Å². The molecule has 0 bridgehead atoms. The standard InChI is InChI=1S/C29H32N2O3S/c1-29(2,3)31-35(32,33)21-16-17-26-25(18-21)22-13-9-14-23(22)28(30-26)24-12-7-8-15-27(24)34-19-20-10-5-4-6-11-20/h4-13,15-18,22-23,28,30-31H,14,19H2,1-3H3. The third-order valence-electron chi connectivity index (χ3n) is 6.58. The van der Waals surface area contributed by atoms with E-state index in [-0.39, 0.29) is 17.9 Å². The van der Waals surface area contributed by atoms with Crippen molar-refractivity contribution in [1.82, 2.24) is 4.72 Å². The molecule has 0 aromatic heterocycles. The lowest BCUT2D eigenvalue weighted by molar-refractivity contribution is 0.296. The zero-order valence-corrected chi connectivity index (χ0v) is 21.2. The molecule has 2 N–H and O–H groups in total. The summed E-state index contributed by atoms with van der Waals surface area (Å²) in [5, 5.41) is 3.71. The fourth-order valence-corrected chi connectivity index (χ4v) is 6.57. The van der Waals surface area contributed by atoms with E-state index in [2.05, 4.69) is 40.4 Å². The molecular formula is C29H32N2O3S. The average Bonchev–Trinajstić information content (AvgIpc) is 3.32. The molecule has 1 aliphatic heterocycles. The Morgan fingerprint density at radius 3 is 2.49 bits per heavy atom. The van der Waals surface area contributed by atoms with Crippen molar-refractivity contribution in [2.24, 2.45) is 5.92 Å². The second kappa shape index (κ2) is 9.17. The Bertz CT molecular complexity index is 1340. The first-order valence-corrected chi connectivity index (χ1v) is 13.6. The molecule has 3 unspecified atom stereocenters. The first-order valence-electron chi connectivity index (χ1n) is 12.1. The van der Waals surface area contributed by atoms with Crippen LogP contribution in [0, 0.1) is 5.92 Å². The number of ether oxygens (including phenoxy) is 1. The molecule has 1 aliphatic carbocycles. The van der Waals surface area contributed by atoms with Crippen molar-refractivity contribution >= 4 is 15.7 Å². The van der Waals surface area contributed by atoms with Gasteiger partial charge in [0.2, 0.25) is 10.0 Å². The highest BCUT2D eigenvalue weighted by molar-refractivity contribution is 7.89. The summed E-state index contributed by atoms with van der Waals surface area (Å²) in [5.74, 6) is 1.29. The number of sulfonamides is 1. The SMILES string of the molecule is CC(C)(C)NS(=O)(=O)c1ccc2c(c1)C1C=CCC1C(c1ccccc1OCc1ccccc1)N2. The minimum atomic E-state index is -3.61. The first kappa shape index (κ1) is 23.6. The Balaban J connectivity index is 1.46. The lowest BCUT2D eigenvalue weighted by Crippen LogP contribution is -2.40. The summed E-state index contributed by atoms with van der Waals surface area (Å²) in [6.07, 6.45) is 5.35. The zero-order valence-electron chi connectivity index (χ0n) is 20.4. The number of hydrogen-bond acceptors (Lipinski definition) is 4. The van der Waals surface area contributed by atoms with E-state index in [0.29, 0.717) is 11.5 Å². The quantitative estimate of drug-likeness (QED) is 0.407. The maximum atomic E-state index is 13.0. The molecule has 0 saturated heterocycles. The van der Waals surface area contributed by atoms with Crippen molar-refractivity contribution < 1.29 is 13.2 Å². The van der Waals surface area contributed by atoms with Crippen LogP contribution in [-0.2, 0) is 16.6 Å². The van der Waals surface area contributed by atoms with E-state index in [0.717, 1.165) is 34.5 Å². The fourth-order valence-electron chi connectivity index (χ4n) is 5.11. The van der Waals surface area contributed by atoms with E-state index < -0.39 is 15.6 Å². The summed E-state index contributed by atoms with van der Waals surface area (Å²) in [5.41, 5.74) is 3.70. The van der Waals surface area contributed by atoms with Crippen LogP contribution in [-0.4, -0.2) is 14.0 Å². The van der Waals surface area contributed by atoms with Crippen LogP contribution < -0.4 is 14.8 Å². The smallest absolute Gasteiger partial charge is 0.241 e. The number of anilines is 1. The number of rotatable bonds is 6. The number of benzene rings is 3. The molecule has 1 heterocycles. The van der Waals surface area contributed by atoms with Gasteiger partial charge in [0.05, 0.1) is 10.9 Å². The van der Waals surface area contributed by atoms with Crippen molar-refractivity contribution in [3.8, 4) is 5.75 Å². The third kappa shape index (κ3) is 5.00. The molecule has 5 rings (SSSR count). The van der Waals surface area contributed by atoms with Crippen LogP contribution in [0.2, 0.25) is 0 Å². The van der Waals surface area contributed by atoms with Crippen molar-refractivity contribution in [3.63, 3.8) is 0 Å². The normalized spacial score (nSPS) is 21.2. The van der Waals surface area contributed by atoms with Gasteiger partial charge in [0, 0.05) is 22.7 Å². The van der Waals surface area contributed by atoms with Crippen LogP contribution >= 0.6 is 0 Å². The van der Waals surface area contributed by atoms with Crippen LogP contribution in [0.25, 0.3) is 0 Å². The molecule has 2 aliphatic rings. The van der Waals surface area contributed by atoms with Gasteiger partial charge < -0.3 is 10.1 Å². The van der Waals surface area contributed by atoms with E-state index >= 15 is 0 Å². The average molecular weight is 489 g/mol. The molecule has 35 heavy (non-hydrogen) atoms. The van der Waals surface area contributed by atoms with Crippen molar-refractivity contribution in [1.29, 1.82) is 0 Å². The van der Waals surface area contributed by atoms with Crippen molar-refractivity contribution in [2.45, 2.75) is 56.2 Å². The Kier molecular flexibility index (Phi) is 6.20. The Hall–Kier alpha value is -3.09. The van der Waals surface area contributed by atoms with Gasteiger partial charge in [-0.25, -0.2) is 13.1 Å². The van der Waals surface area contributed by atoms with Crippen LogP contribution in [0.4, 0.5) is 5.69 Å². The van der Waals surface area contributed by atoms with E-state index in [9.17, 15) is 8.42 Å². The number of allylic oxidation sites excluding steroid dienone is 2. The van der Waals surface area contributed by atoms with Crippen molar-refractivity contribution in [3.05, 3.63) is 102 Å². The number of nitrogens with one attached hydrogen (secondary N) is 2. The lowest BCUT2D eigenvalue weighted by atomic mass is 9.77. The topological polar surface area (TPSA) is 67.4 Å². The third-order valence-corrected chi connectivity index (χ3v) is 8.33. The number of hydrogen-bond donors (Lipinski definition) is 2. The van der Waals surface area contributed by atoms with Crippen LogP contribution in [0.15, 0.2) is 89.8 Å². The van der Waals surface area contributed by atoms with Gasteiger partial charge >= 0.3 is 0 Å². The van der Waals surface area contributed by atoms with Gasteiger partial charge in [-0.15, -0.1) is 0 Å². The summed E-state index contributed by atoms with van der Waals surface area (Å²) in [7, 11) is -3.61. The highest BCUT2D eigenvalue weighted by Gasteiger charge is 2.39. The van der Waals surface area contributed by atoms with Gasteiger partial charge in [-0.2, -0.15) is 0 Å². The predicted octanol–water partition coefficient (Wildman–Crippen LogP) is 6.17. The van der Waals surface area contributed by atoms with Crippen molar-refractivity contribution in [2.75, 3.05) is 5.32 Å². The summed E-state index contributed by atoms with van der Waals surface area (Å²) >= 11 is 0. The van der Waals surface area contributed by atoms with Crippen LogP contribution in [0.3, 0.4) is 0 Å². The minimum absolute atomic E-state index is 0.0598. The van der Waals surface area contributed by atoms with Gasteiger partial charge in [0.15, 0.2) is 0 Å². The lowest BCUT2D eigenvalue weighted by Gasteiger charge is -2.38. The number of para-hydroxylation sites is 1. The molecule has 0 saturated carbocycles. The van der Waals surface area contributed by atoms with Gasteiger partial charge in [0.25, 0.3) is 0 Å². The molecule has 5 nitrogen and oxygen atoms in total. The summed E-state index contributed by atoms with van der Waals surface area (Å²) < 4.78 is 35.0. The molecule has 182 valence electrons. The summed E-state index contributed by atoms with van der Waals surface area (Å²) in [4.78, 5) is 0.303.